The average molecular weight is 458 g/mol. The number of methoxy groups -OCH3 is 2. The zero-order chi connectivity index (χ0) is 23.1. The Balaban J connectivity index is 1.64. The number of esters is 1. The smallest absolute Gasteiger partial charge is 0.338 e. The predicted octanol–water partition coefficient (Wildman–Crippen LogP) is 3.66. The number of thioether (sulfide) groups is 1. The first-order chi connectivity index (χ1) is 15.5. The van der Waals surface area contributed by atoms with E-state index in [1.54, 1.807) is 33.3 Å². The molecule has 0 saturated heterocycles. The van der Waals surface area contributed by atoms with E-state index in [9.17, 15) is 9.59 Å². The first kappa shape index (κ1) is 23.5. The van der Waals surface area contributed by atoms with Gasteiger partial charge in [0.15, 0.2) is 16.7 Å². The van der Waals surface area contributed by atoms with Crippen molar-refractivity contribution >= 4 is 34.7 Å². The summed E-state index contributed by atoms with van der Waals surface area (Å²) in [6.07, 6.45) is 0. The molecule has 0 aliphatic heterocycles. The highest BCUT2D eigenvalue weighted by Gasteiger charge is 2.15. The monoisotopic (exact) mass is 457 g/mol. The quantitative estimate of drug-likeness (QED) is 0.367. The molecule has 0 saturated carbocycles. The van der Waals surface area contributed by atoms with Crippen LogP contribution in [-0.2, 0) is 22.6 Å². The molecule has 170 valence electrons. The maximum atomic E-state index is 12.4. The molecule has 1 heterocycles. The van der Waals surface area contributed by atoms with Gasteiger partial charge in [-0.15, -0.1) is 0 Å². The van der Waals surface area contributed by atoms with Gasteiger partial charge in [-0.25, -0.2) is 9.78 Å². The number of aryl methyl sites for hydroxylation is 1. The lowest BCUT2D eigenvalue weighted by Gasteiger charge is -2.10. The molecule has 0 fully saturated rings. The van der Waals surface area contributed by atoms with Crippen LogP contribution in [0, 0.1) is 0 Å². The van der Waals surface area contributed by atoms with Crippen molar-refractivity contribution in [1.82, 2.24) is 14.9 Å². The molecule has 8 nitrogen and oxygen atoms in total. The molecule has 3 rings (SSSR count). The molecule has 0 aliphatic carbocycles. The summed E-state index contributed by atoms with van der Waals surface area (Å²) in [5.41, 5.74) is 2.98. The van der Waals surface area contributed by atoms with Crippen LogP contribution in [0.3, 0.4) is 0 Å². The Morgan fingerprint density at radius 1 is 1.06 bits per heavy atom. The molecule has 0 aliphatic rings. The average Bonchev–Trinajstić information content (AvgIpc) is 3.17. The lowest BCUT2D eigenvalue weighted by Crippen LogP contribution is -2.24. The molecule has 1 aromatic heterocycles. The van der Waals surface area contributed by atoms with Crippen LogP contribution < -0.4 is 14.8 Å². The minimum atomic E-state index is -0.371. The number of aromatic nitrogens is 2. The molecule has 0 bridgehead atoms. The van der Waals surface area contributed by atoms with E-state index in [0.717, 1.165) is 16.2 Å². The number of hydrogen-bond acceptors (Lipinski definition) is 7. The number of ether oxygens (including phenoxy) is 3. The van der Waals surface area contributed by atoms with Crippen molar-refractivity contribution in [3.05, 3.63) is 47.5 Å². The van der Waals surface area contributed by atoms with Gasteiger partial charge >= 0.3 is 5.97 Å². The molecule has 0 spiro atoms. The molecule has 2 aromatic carbocycles. The summed E-state index contributed by atoms with van der Waals surface area (Å²) < 4.78 is 17.6. The molecule has 1 amide bonds. The lowest BCUT2D eigenvalue weighted by atomic mass is 10.2. The summed E-state index contributed by atoms with van der Waals surface area (Å²) in [7, 11) is 3.16. The predicted molar refractivity (Wildman–Crippen MR) is 123 cm³/mol. The van der Waals surface area contributed by atoms with Gasteiger partial charge in [0.2, 0.25) is 5.91 Å². The van der Waals surface area contributed by atoms with Crippen LogP contribution in [0.5, 0.6) is 11.5 Å². The fourth-order valence-corrected chi connectivity index (χ4v) is 4.15. The first-order valence-electron chi connectivity index (χ1n) is 10.3. The number of fused-ring (bicyclic) bond motifs is 1. The number of benzene rings is 2. The summed E-state index contributed by atoms with van der Waals surface area (Å²) >= 11 is 1.36. The van der Waals surface area contributed by atoms with E-state index >= 15 is 0 Å². The van der Waals surface area contributed by atoms with E-state index in [4.69, 9.17) is 14.2 Å². The SMILES string of the molecule is CCOC(=O)c1ccc2c(c1)nc(SCC(=O)NCc1ccc(OC)c(OC)c1)n2CC. The van der Waals surface area contributed by atoms with Gasteiger partial charge < -0.3 is 24.1 Å². The van der Waals surface area contributed by atoms with Crippen LogP contribution in [0.1, 0.15) is 29.8 Å². The number of amides is 1. The van der Waals surface area contributed by atoms with Gasteiger partial charge in [0, 0.05) is 13.1 Å². The standard InChI is InChI=1S/C23H27N3O5S/c1-5-26-18-9-8-16(22(28)31-6-2)12-17(18)25-23(26)32-14-21(27)24-13-15-7-10-19(29-3)20(11-15)30-4/h7-12H,5-6,13-14H2,1-4H3,(H,24,27). The Kier molecular flexibility index (Phi) is 7.99. The van der Waals surface area contributed by atoms with Crippen molar-refractivity contribution in [2.45, 2.75) is 32.1 Å². The number of hydrogen-bond donors (Lipinski definition) is 1. The molecule has 9 heteroatoms. The van der Waals surface area contributed by atoms with Crippen molar-refractivity contribution in [3.63, 3.8) is 0 Å². The number of carbonyl (C=O) groups is 2. The van der Waals surface area contributed by atoms with E-state index in [1.165, 1.54) is 11.8 Å². The summed E-state index contributed by atoms with van der Waals surface area (Å²) in [5, 5.41) is 3.64. The Morgan fingerprint density at radius 2 is 1.84 bits per heavy atom. The minimum Gasteiger partial charge on any atom is -0.493 e. The maximum absolute atomic E-state index is 12.4. The zero-order valence-corrected chi connectivity index (χ0v) is 19.5. The molecule has 3 aromatic rings. The second-order valence-corrected chi connectivity index (χ2v) is 7.76. The van der Waals surface area contributed by atoms with Gasteiger partial charge in [0.1, 0.15) is 0 Å². The normalized spacial score (nSPS) is 10.8. The van der Waals surface area contributed by atoms with Gasteiger partial charge in [-0.05, 0) is 49.7 Å². The second kappa shape index (κ2) is 10.9. The van der Waals surface area contributed by atoms with E-state index in [2.05, 4.69) is 10.3 Å². The number of rotatable bonds is 10. The Morgan fingerprint density at radius 3 is 2.53 bits per heavy atom. The highest BCUT2D eigenvalue weighted by molar-refractivity contribution is 7.99. The van der Waals surface area contributed by atoms with Gasteiger partial charge in [0.25, 0.3) is 0 Å². The maximum Gasteiger partial charge on any atom is 0.338 e. The molecular formula is C23H27N3O5S. The molecule has 32 heavy (non-hydrogen) atoms. The number of nitrogens with one attached hydrogen (secondary N) is 1. The van der Waals surface area contributed by atoms with Gasteiger partial charge in [-0.1, -0.05) is 17.8 Å². The van der Waals surface area contributed by atoms with Crippen molar-refractivity contribution in [2.24, 2.45) is 0 Å². The van der Waals surface area contributed by atoms with Crippen molar-refractivity contribution in [2.75, 3.05) is 26.6 Å². The highest BCUT2D eigenvalue weighted by atomic mass is 32.2. The Bertz CT molecular complexity index is 1110. The van der Waals surface area contributed by atoms with E-state index in [-0.39, 0.29) is 17.6 Å². The topological polar surface area (TPSA) is 91.7 Å². The number of nitrogens with zero attached hydrogens (tertiary/aromatic N) is 2. The van der Waals surface area contributed by atoms with Crippen LogP contribution in [0.4, 0.5) is 0 Å². The largest absolute Gasteiger partial charge is 0.493 e. The van der Waals surface area contributed by atoms with E-state index < -0.39 is 0 Å². The van der Waals surface area contributed by atoms with Crippen molar-refractivity contribution in [1.29, 1.82) is 0 Å². The minimum absolute atomic E-state index is 0.105. The molecule has 0 atom stereocenters. The molecule has 0 unspecified atom stereocenters. The fourth-order valence-electron chi connectivity index (χ4n) is 3.24. The van der Waals surface area contributed by atoms with E-state index in [1.807, 2.05) is 35.8 Å². The second-order valence-electron chi connectivity index (χ2n) is 6.82. The van der Waals surface area contributed by atoms with Gasteiger partial charge in [-0.2, -0.15) is 0 Å². The zero-order valence-electron chi connectivity index (χ0n) is 18.6. The summed E-state index contributed by atoms with van der Waals surface area (Å²) in [6, 6.07) is 10.8. The van der Waals surface area contributed by atoms with Crippen LogP contribution in [0.2, 0.25) is 0 Å². The molecule has 0 radical (unpaired) electrons. The lowest BCUT2D eigenvalue weighted by molar-refractivity contribution is -0.118. The third-order valence-electron chi connectivity index (χ3n) is 4.81. The number of imidazole rings is 1. The highest BCUT2D eigenvalue weighted by Crippen LogP contribution is 2.28. The van der Waals surface area contributed by atoms with Crippen LogP contribution in [-0.4, -0.2) is 48.0 Å². The Labute approximate surface area is 191 Å². The third-order valence-corrected chi connectivity index (χ3v) is 5.79. The Hall–Kier alpha value is -3.20. The van der Waals surface area contributed by atoms with Crippen LogP contribution in [0.25, 0.3) is 11.0 Å². The molecular weight excluding hydrogens is 430 g/mol. The first-order valence-corrected chi connectivity index (χ1v) is 11.3. The van der Waals surface area contributed by atoms with Gasteiger partial charge in [0.05, 0.1) is 43.2 Å². The van der Waals surface area contributed by atoms with E-state index in [0.29, 0.717) is 42.3 Å². The summed E-state index contributed by atoms with van der Waals surface area (Å²) in [4.78, 5) is 29.0. The molecule has 1 N–H and O–H groups in total. The summed E-state index contributed by atoms with van der Waals surface area (Å²) in [5.74, 6) is 1.01. The van der Waals surface area contributed by atoms with Crippen molar-refractivity contribution in [3.8, 4) is 11.5 Å². The third kappa shape index (κ3) is 5.34. The fraction of sp³-hybridized carbons (Fsp3) is 0.348. The summed E-state index contributed by atoms with van der Waals surface area (Å²) in [6.45, 7) is 5.19. The van der Waals surface area contributed by atoms with Crippen LogP contribution in [0.15, 0.2) is 41.6 Å². The van der Waals surface area contributed by atoms with Crippen molar-refractivity contribution < 1.29 is 23.8 Å². The van der Waals surface area contributed by atoms with Gasteiger partial charge in [-0.3, -0.25) is 4.79 Å². The number of carbonyl (C=O) groups excluding carboxylic acids is 2. The van der Waals surface area contributed by atoms with Crippen LogP contribution >= 0.6 is 11.8 Å².